The van der Waals surface area contributed by atoms with E-state index in [0.717, 1.165) is 71.4 Å². The van der Waals surface area contributed by atoms with Gasteiger partial charge >= 0.3 is 0 Å². The Morgan fingerprint density at radius 1 is 1.00 bits per heavy atom. The highest BCUT2D eigenvalue weighted by molar-refractivity contribution is 5.78. The number of nitrogens with one attached hydrogen (secondary N) is 1. The Bertz CT molecular complexity index is 777. The first kappa shape index (κ1) is 21.0. The summed E-state index contributed by atoms with van der Waals surface area (Å²) in [6.07, 6.45) is 6.19. The van der Waals surface area contributed by atoms with Crippen LogP contribution >= 0.6 is 0 Å². The molecule has 4 aliphatic rings. The maximum atomic E-state index is 12.8. The minimum atomic E-state index is 0.179. The number of hydrogen-bond acceptors (Lipinski definition) is 4. The molecule has 4 heterocycles. The molecule has 2 bridgehead atoms. The van der Waals surface area contributed by atoms with Gasteiger partial charge < -0.3 is 10.2 Å². The van der Waals surface area contributed by atoms with Crippen LogP contribution in [0.25, 0.3) is 0 Å². The molecule has 6 heteroatoms. The third-order valence-electron chi connectivity index (χ3n) is 7.82. The van der Waals surface area contributed by atoms with Gasteiger partial charge in [-0.15, -0.1) is 0 Å². The second-order valence-corrected chi connectivity index (χ2v) is 10.2. The van der Waals surface area contributed by atoms with Crippen LogP contribution in [-0.2, 0) is 16.1 Å². The van der Waals surface area contributed by atoms with Gasteiger partial charge in [0.25, 0.3) is 0 Å². The summed E-state index contributed by atoms with van der Waals surface area (Å²) in [6, 6.07) is 11.3. The molecule has 4 fully saturated rings. The molecule has 1 N–H and O–H groups in total. The summed E-state index contributed by atoms with van der Waals surface area (Å²) in [5.41, 5.74) is 1.36. The van der Waals surface area contributed by atoms with Crippen molar-refractivity contribution in [3.8, 4) is 0 Å². The molecule has 4 aliphatic heterocycles. The maximum Gasteiger partial charge on any atom is 0.234 e. The molecular weight excluding hydrogens is 388 g/mol. The average Bonchev–Trinajstić information content (AvgIpc) is 2.76. The van der Waals surface area contributed by atoms with Crippen molar-refractivity contribution in [2.24, 2.45) is 11.8 Å². The van der Waals surface area contributed by atoms with Crippen LogP contribution in [0.2, 0.25) is 0 Å². The van der Waals surface area contributed by atoms with E-state index in [1.54, 1.807) is 0 Å². The first-order valence-electron chi connectivity index (χ1n) is 12.2. The SMILES string of the molecule is O=C(CN1C[C@H]2C[C@H](C1)[C@H]1CCCC(=O)N1C2)NC1CCN(Cc2ccccc2)CC1. The third-order valence-corrected chi connectivity index (χ3v) is 7.82. The minimum absolute atomic E-state index is 0.179. The van der Waals surface area contributed by atoms with E-state index in [4.69, 9.17) is 0 Å². The molecular formula is C25H36N4O2. The van der Waals surface area contributed by atoms with Gasteiger partial charge in [0.2, 0.25) is 11.8 Å². The Kier molecular flexibility index (Phi) is 6.28. The van der Waals surface area contributed by atoms with Crippen LogP contribution in [-0.4, -0.2) is 77.9 Å². The van der Waals surface area contributed by atoms with Gasteiger partial charge in [-0.05, 0) is 49.5 Å². The van der Waals surface area contributed by atoms with Gasteiger partial charge in [-0.25, -0.2) is 0 Å². The quantitative estimate of drug-likeness (QED) is 0.787. The van der Waals surface area contributed by atoms with Crippen LogP contribution in [0.1, 0.15) is 44.1 Å². The number of carbonyl (C=O) groups excluding carboxylic acids is 2. The second kappa shape index (κ2) is 9.29. The van der Waals surface area contributed by atoms with E-state index < -0.39 is 0 Å². The zero-order chi connectivity index (χ0) is 21.2. The zero-order valence-corrected chi connectivity index (χ0v) is 18.5. The minimum Gasteiger partial charge on any atom is -0.352 e. The van der Waals surface area contributed by atoms with Crippen molar-refractivity contribution in [2.75, 3.05) is 39.3 Å². The van der Waals surface area contributed by atoms with Crippen LogP contribution in [0.15, 0.2) is 30.3 Å². The number of hydrogen-bond donors (Lipinski definition) is 1. The van der Waals surface area contributed by atoms with Gasteiger partial charge in [-0.3, -0.25) is 19.4 Å². The monoisotopic (exact) mass is 424 g/mol. The summed E-state index contributed by atoms with van der Waals surface area (Å²) in [5.74, 6) is 1.62. The predicted molar refractivity (Wildman–Crippen MR) is 120 cm³/mol. The lowest BCUT2D eigenvalue weighted by atomic mass is 9.76. The lowest BCUT2D eigenvalue weighted by Crippen LogP contribution is -2.61. The van der Waals surface area contributed by atoms with E-state index in [-0.39, 0.29) is 5.91 Å². The number of rotatable bonds is 5. The smallest absolute Gasteiger partial charge is 0.234 e. The van der Waals surface area contributed by atoms with E-state index in [2.05, 4.69) is 50.3 Å². The first-order chi connectivity index (χ1) is 15.1. The van der Waals surface area contributed by atoms with E-state index in [9.17, 15) is 9.59 Å². The van der Waals surface area contributed by atoms with Gasteiger partial charge in [0.15, 0.2) is 0 Å². The Balaban J connectivity index is 1.07. The van der Waals surface area contributed by atoms with Gasteiger partial charge in [-0.1, -0.05) is 30.3 Å². The molecule has 0 aliphatic carbocycles. The number of benzene rings is 1. The highest BCUT2D eigenvalue weighted by Crippen LogP contribution is 2.37. The molecule has 0 saturated carbocycles. The summed E-state index contributed by atoms with van der Waals surface area (Å²) in [5, 5.41) is 3.31. The van der Waals surface area contributed by atoms with Crippen molar-refractivity contribution < 1.29 is 9.59 Å². The van der Waals surface area contributed by atoms with Gasteiger partial charge in [-0.2, -0.15) is 0 Å². The average molecular weight is 425 g/mol. The standard InChI is InChI=1S/C25H36N4O2/c30-24(26-22-9-11-27(12-10-22)14-19-5-2-1-3-6-19)18-28-15-20-13-21(17-28)23-7-4-8-25(31)29(23)16-20/h1-3,5-6,20-23H,4,7-18H2,(H,26,30)/t20-,21-,23-/m1/s1. The van der Waals surface area contributed by atoms with Crippen molar-refractivity contribution in [1.29, 1.82) is 0 Å². The van der Waals surface area contributed by atoms with Crippen molar-refractivity contribution in [3.63, 3.8) is 0 Å². The maximum absolute atomic E-state index is 12.8. The largest absolute Gasteiger partial charge is 0.352 e. The lowest BCUT2D eigenvalue weighted by Gasteiger charge is -2.52. The molecule has 4 saturated heterocycles. The molecule has 2 amide bonds. The van der Waals surface area contributed by atoms with E-state index >= 15 is 0 Å². The topological polar surface area (TPSA) is 55.9 Å². The molecule has 0 unspecified atom stereocenters. The Morgan fingerprint density at radius 2 is 1.81 bits per heavy atom. The molecule has 1 aromatic rings. The summed E-state index contributed by atoms with van der Waals surface area (Å²) in [7, 11) is 0. The predicted octanol–water partition coefficient (Wildman–Crippen LogP) is 2.10. The molecule has 31 heavy (non-hydrogen) atoms. The molecule has 0 spiro atoms. The van der Waals surface area contributed by atoms with Gasteiger partial charge in [0.05, 0.1) is 6.54 Å². The molecule has 3 atom stereocenters. The summed E-state index contributed by atoms with van der Waals surface area (Å²) >= 11 is 0. The lowest BCUT2D eigenvalue weighted by molar-refractivity contribution is -0.145. The molecule has 0 radical (unpaired) electrons. The van der Waals surface area contributed by atoms with E-state index in [0.29, 0.717) is 36.4 Å². The number of piperidine rings is 4. The number of fused-ring (bicyclic) bond motifs is 4. The third kappa shape index (κ3) is 4.96. The van der Waals surface area contributed by atoms with Crippen molar-refractivity contribution >= 4 is 11.8 Å². The second-order valence-electron chi connectivity index (χ2n) is 10.2. The number of carbonyl (C=O) groups is 2. The Labute approximate surface area is 185 Å². The Hall–Kier alpha value is -1.92. The normalized spacial score (nSPS) is 30.1. The number of likely N-dealkylation sites (tertiary alicyclic amines) is 2. The van der Waals surface area contributed by atoms with E-state index in [1.165, 1.54) is 12.0 Å². The van der Waals surface area contributed by atoms with Crippen LogP contribution in [0.4, 0.5) is 0 Å². The van der Waals surface area contributed by atoms with Gasteiger partial charge in [0.1, 0.15) is 0 Å². The highest BCUT2D eigenvalue weighted by atomic mass is 16.2. The van der Waals surface area contributed by atoms with Crippen LogP contribution in [0.5, 0.6) is 0 Å². The summed E-state index contributed by atoms with van der Waals surface area (Å²) in [4.78, 5) is 32.1. The van der Waals surface area contributed by atoms with Crippen LogP contribution < -0.4 is 5.32 Å². The fourth-order valence-corrected chi connectivity index (χ4v) is 6.39. The van der Waals surface area contributed by atoms with Gasteiger partial charge in [0, 0.05) is 57.8 Å². The van der Waals surface area contributed by atoms with E-state index in [1.807, 2.05) is 0 Å². The van der Waals surface area contributed by atoms with Crippen LogP contribution in [0.3, 0.4) is 0 Å². The molecule has 0 aromatic heterocycles. The zero-order valence-electron chi connectivity index (χ0n) is 18.5. The summed E-state index contributed by atoms with van der Waals surface area (Å²) < 4.78 is 0. The first-order valence-corrected chi connectivity index (χ1v) is 12.2. The summed E-state index contributed by atoms with van der Waals surface area (Å²) in [6.45, 7) is 6.41. The molecule has 168 valence electrons. The fraction of sp³-hybridized carbons (Fsp3) is 0.680. The molecule has 1 aromatic carbocycles. The molecule has 6 nitrogen and oxygen atoms in total. The van der Waals surface area contributed by atoms with Crippen molar-refractivity contribution in [1.82, 2.24) is 20.0 Å². The Morgan fingerprint density at radius 3 is 2.61 bits per heavy atom. The van der Waals surface area contributed by atoms with Crippen molar-refractivity contribution in [2.45, 2.75) is 57.2 Å². The van der Waals surface area contributed by atoms with Crippen molar-refractivity contribution in [3.05, 3.63) is 35.9 Å². The number of amides is 2. The molecule has 5 rings (SSSR count). The number of nitrogens with zero attached hydrogens (tertiary/aromatic N) is 3. The van der Waals surface area contributed by atoms with Crippen LogP contribution in [0, 0.1) is 11.8 Å². The highest BCUT2D eigenvalue weighted by Gasteiger charge is 2.44. The fourth-order valence-electron chi connectivity index (χ4n) is 6.39.